The fourth-order valence-electron chi connectivity index (χ4n) is 2.28. The first-order chi connectivity index (χ1) is 13.5. The number of esters is 1. The molecule has 1 N–H and O–H groups in total. The smallest absolute Gasteiger partial charge is 0.331 e. The molecule has 0 saturated heterocycles. The van der Waals surface area contributed by atoms with Gasteiger partial charge in [-0.15, -0.1) is 0 Å². The molecule has 0 heterocycles. The Labute approximate surface area is 167 Å². The van der Waals surface area contributed by atoms with E-state index in [4.69, 9.17) is 30.5 Å². The number of halogens is 1. The molecule has 0 saturated carbocycles. The Balaban J connectivity index is 1.94. The number of amides is 1. The molecule has 0 aromatic heterocycles. The monoisotopic (exact) mass is 405 g/mol. The first kappa shape index (κ1) is 21.1. The highest BCUT2D eigenvalue weighted by Crippen LogP contribution is 2.38. The van der Waals surface area contributed by atoms with Crippen molar-refractivity contribution in [1.82, 2.24) is 0 Å². The van der Waals surface area contributed by atoms with Gasteiger partial charge < -0.3 is 24.3 Å². The van der Waals surface area contributed by atoms with Crippen LogP contribution >= 0.6 is 11.6 Å². The molecular weight excluding hydrogens is 386 g/mol. The molecule has 0 bridgehead atoms. The molecule has 0 fully saturated rings. The fraction of sp³-hybridized carbons (Fsp3) is 0.200. The number of benzene rings is 2. The van der Waals surface area contributed by atoms with Crippen LogP contribution in [-0.2, 0) is 14.3 Å². The zero-order valence-electron chi connectivity index (χ0n) is 15.7. The van der Waals surface area contributed by atoms with E-state index in [0.29, 0.717) is 33.5 Å². The first-order valence-electron chi connectivity index (χ1n) is 8.17. The Morgan fingerprint density at radius 1 is 1.00 bits per heavy atom. The SMILES string of the molecule is COc1cc(C=CC(=O)OCC(=O)Nc2ccc(Cl)cc2)cc(OC)c1OC. The minimum atomic E-state index is -0.667. The van der Waals surface area contributed by atoms with E-state index in [9.17, 15) is 9.59 Å². The van der Waals surface area contributed by atoms with Crippen molar-refractivity contribution < 1.29 is 28.5 Å². The van der Waals surface area contributed by atoms with Crippen LogP contribution in [0.1, 0.15) is 5.56 Å². The summed E-state index contributed by atoms with van der Waals surface area (Å²) in [7, 11) is 4.50. The van der Waals surface area contributed by atoms with Crippen molar-refractivity contribution in [2.75, 3.05) is 33.3 Å². The van der Waals surface area contributed by atoms with Gasteiger partial charge in [0.2, 0.25) is 5.75 Å². The largest absolute Gasteiger partial charge is 0.493 e. The molecule has 1 amide bonds. The summed E-state index contributed by atoms with van der Waals surface area (Å²) in [6, 6.07) is 9.93. The number of methoxy groups -OCH3 is 3. The van der Waals surface area contributed by atoms with Gasteiger partial charge in [-0.05, 0) is 48.0 Å². The molecule has 0 radical (unpaired) electrons. The van der Waals surface area contributed by atoms with E-state index in [1.807, 2.05) is 0 Å². The Hall–Kier alpha value is -3.19. The zero-order chi connectivity index (χ0) is 20.5. The molecule has 148 valence electrons. The van der Waals surface area contributed by atoms with Crippen LogP contribution in [0.4, 0.5) is 5.69 Å². The van der Waals surface area contributed by atoms with Gasteiger partial charge in [-0.3, -0.25) is 4.79 Å². The summed E-state index contributed by atoms with van der Waals surface area (Å²) in [6.07, 6.45) is 2.72. The summed E-state index contributed by atoms with van der Waals surface area (Å²) in [5, 5.41) is 3.15. The molecule has 0 aliphatic heterocycles. The minimum absolute atomic E-state index is 0.416. The molecule has 7 nitrogen and oxygen atoms in total. The van der Waals surface area contributed by atoms with Gasteiger partial charge in [0.15, 0.2) is 18.1 Å². The Kier molecular flexibility index (Phi) is 7.71. The van der Waals surface area contributed by atoms with Crippen LogP contribution in [0.25, 0.3) is 6.08 Å². The van der Waals surface area contributed by atoms with Crippen LogP contribution in [0.2, 0.25) is 5.02 Å². The number of anilines is 1. The van der Waals surface area contributed by atoms with E-state index in [1.54, 1.807) is 36.4 Å². The third-order valence-corrected chi connectivity index (χ3v) is 3.82. The first-order valence-corrected chi connectivity index (χ1v) is 8.55. The van der Waals surface area contributed by atoms with Crippen LogP contribution in [0.5, 0.6) is 17.2 Å². The Bertz CT molecular complexity index is 838. The van der Waals surface area contributed by atoms with E-state index in [1.165, 1.54) is 33.5 Å². The molecule has 0 unspecified atom stereocenters. The van der Waals surface area contributed by atoms with Crippen LogP contribution in [0, 0.1) is 0 Å². The van der Waals surface area contributed by atoms with Crippen LogP contribution in [-0.4, -0.2) is 39.8 Å². The molecule has 0 atom stereocenters. The second-order valence-electron chi connectivity index (χ2n) is 5.45. The van der Waals surface area contributed by atoms with Gasteiger partial charge >= 0.3 is 5.97 Å². The maximum atomic E-state index is 11.9. The molecule has 28 heavy (non-hydrogen) atoms. The number of hydrogen-bond acceptors (Lipinski definition) is 6. The second-order valence-corrected chi connectivity index (χ2v) is 5.89. The Morgan fingerprint density at radius 3 is 2.14 bits per heavy atom. The van der Waals surface area contributed by atoms with Crippen molar-refractivity contribution in [3.63, 3.8) is 0 Å². The molecule has 0 aliphatic carbocycles. The third kappa shape index (κ3) is 5.92. The summed E-state index contributed by atoms with van der Waals surface area (Å²) in [4.78, 5) is 23.7. The summed E-state index contributed by atoms with van der Waals surface area (Å²) in [6.45, 7) is -0.416. The maximum absolute atomic E-state index is 11.9. The minimum Gasteiger partial charge on any atom is -0.493 e. The zero-order valence-corrected chi connectivity index (χ0v) is 16.4. The molecule has 2 rings (SSSR count). The van der Waals surface area contributed by atoms with Gasteiger partial charge in [-0.25, -0.2) is 4.79 Å². The molecular formula is C20H20ClNO6. The van der Waals surface area contributed by atoms with Crippen molar-refractivity contribution in [3.8, 4) is 17.2 Å². The second kappa shape index (κ2) is 10.2. The number of hydrogen-bond donors (Lipinski definition) is 1. The molecule has 2 aromatic rings. The number of ether oxygens (including phenoxy) is 4. The molecule has 0 spiro atoms. The van der Waals surface area contributed by atoms with Gasteiger partial charge in [0.25, 0.3) is 5.91 Å². The average Bonchev–Trinajstić information content (AvgIpc) is 2.71. The van der Waals surface area contributed by atoms with Crippen molar-refractivity contribution in [2.45, 2.75) is 0 Å². The van der Waals surface area contributed by atoms with Gasteiger partial charge in [0.1, 0.15) is 0 Å². The number of carbonyl (C=O) groups excluding carboxylic acids is 2. The van der Waals surface area contributed by atoms with Crippen molar-refractivity contribution in [2.24, 2.45) is 0 Å². The lowest BCUT2D eigenvalue weighted by Crippen LogP contribution is -2.20. The van der Waals surface area contributed by atoms with E-state index in [2.05, 4.69) is 5.32 Å². The van der Waals surface area contributed by atoms with Crippen molar-refractivity contribution >= 4 is 35.2 Å². The van der Waals surface area contributed by atoms with E-state index < -0.39 is 18.5 Å². The topological polar surface area (TPSA) is 83.1 Å². The number of rotatable bonds is 8. The van der Waals surface area contributed by atoms with Gasteiger partial charge in [-0.1, -0.05) is 11.6 Å². The normalized spacial score (nSPS) is 10.4. The number of carbonyl (C=O) groups is 2. The Morgan fingerprint density at radius 2 is 1.61 bits per heavy atom. The highest BCUT2D eigenvalue weighted by atomic mass is 35.5. The lowest BCUT2D eigenvalue weighted by atomic mass is 10.1. The lowest BCUT2D eigenvalue weighted by Gasteiger charge is -2.12. The number of nitrogens with one attached hydrogen (secondary N) is 1. The quantitative estimate of drug-likeness (QED) is 0.534. The van der Waals surface area contributed by atoms with Crippen LogP contribution in [0.3, 0.4) is 0 Å². The van der Waals surface area contributed by atoms with E-state index in [0.717, 1.165) is 0 Å². The van der Waals surface area contributed by atoms with Crippen molar-refractivity contribution in [1.29, 1.82) is 0 Å². The summed E-state index contributed by atoms with van der Waals surface area (Å²) >= 11 is 5.78. The predicted octanol–water partition coefficient (Wildman–Crippen LogP) is 3.56. The average molecular weight is 406 g/mol. The molecule has 2 aromatic carbocycles. The lowest BCUT2D eigenvalue weighted by molar-refractivity contribution is -0.142. The summed E-state index contributed by atoms with van der Waals surface area (Å²) in [5.41, 5.74) is 1.19. The van der Waals surface area contributed by atoms with Gasteiger partial charge in [0, 0.05) is 16.8 Å². The van der Waals surface area contributed by atoms with E-state index in [-0.39, 0.29) is 0 Å². The van der Waals surface area contributed by atoms with E-state index >= 15 is 0 Å². The highest BCUT2D eigenvalue weighted by Gasteiger charge is 2.12. The molecule has 0 aliphatic rings. The summed E-state index contributed by atoms with van der Waals surface area (Å²) in [5.74, 6) is 0.231. The summed E-state index contributed by atoms with van der Waals surface area (Å²) < 4.78 is 20.7. The van der Waals surface area contributed by atoms with Crippen molar-refractivity contribution in [3.05, 3.63) is 53.1 Å². The van der Waals surface area contributed by atoms with Gasteiger partial charge in [0.05, 0.1) is 21.3 Å². The van der Waals surface area contributed by atoms with Gasteiger partial charge in [-0.2, -0.15) is 0 Å². The highest BCUT2D eigenvalue weighted by molar-refractivity contribution is 6.30. The van der Waals surface area contributed by atoms with Crippen LogP contribution in [0.15, 0.2) is 42.5 Å². The van der Waals surface area contributed by atoms with Crippen LogP contribution < -0.4 is 19.5 Å². The molecule has 8 heteroatoms. The third-order valence-electron chi connectivity index (χ3n) is 3.57. The maximum Gasteiger partial charge on any atom is 0.331 e. The fourth-order valence-corrected chi connectivity index (χ4v) is 2.40. The predicted molar refractivity (Wildman–Crippen MR) is 106 cm³/mol. The standard InChI is InChI=1S/C20H20ClNO6/c1-25-16-10-13(11-17(26-2)20(16)27-3)4-9-19(24)28-12-18(23)22-15-7-5-14(21)6-8-15/h4-11H,12H2,1-3H3,(H,22,23).